The maximum Gasteiger partial charge on any atom is 0.246 e. The molecule has 0 unspecified atom stereocenters. The number of hydrogen-bond donors (Lipinski definition) is 0. The number of nitrogens with zero attached hydrogens (tertiary/aromatic N) is 1. The van der Waals surface area contributed by atoms with E-state index in [2.05, 4.69) is 6.07 Å². The fourth-order valence-corrected chi connectivity index (χ4v) is 3.66. The number of fused-ring (bicyclic) bond motifs is 1. The molecule has 1 aliphatic rings. The molecule has 0 spiro atoms. The van der Waals surface area contributed by atoms with Crippen molar-refractivity contribution in [1.82, 2.24) is 0 Å². The first kappa shape index (κ1) is 13.8. The third-order valence-electron chi connectivity index (χ3n) is 4.71. The molecule has 2 nitrogen and oxygen atoms in total. The molecule has 1 heterocycles. The van der Waals surface area contributed by atoms with Crippen LogP contribution in [0.15, 0.2) is 84.9 Å². The van der Waals surface area contributed by atoms with Crippen LogP contribution < -0.4 is 4.90 Å². The summed E-state index contributed by atoms with van der Waals surface area (Å²) in [4.78, 5) is 15.2. The normalized spacial score (nSPS) is 15.5. The third kappa shape index (κ3) is 1.78. The van der Waals surface area contributed by atoms with Crippen LogP contribution in [0.2, 0.25) is 0 Å². The molecule has 23 heavy (non-hydrogen) atoms. The highest BCUT2D eigenvalue weighted by Crippen LogP contribution is 2.49. The molecular weight excluding hydrogens is 282 g/mol. The first-order valence-corrected chi connectivity index (χ1v) is 7.75. The minimum absolute atomic E-state index is 0.0936. The minimum Gasteiger partial charge on any atom is -0.314 e. The van der Waals surface area contributed by atoms with Crippen molar-refractivity contribution in [3.05, 3.63) is 102 Å². The zero-order valence-electron chi connectivity index (χ0n) is 12.9. The minimum atomic E-state index is -0.770. The predicted molar refractivity (Wildman–Crippen MR) is 92.6 cm³/mol. The van der Waals surface area contributed by atoms with Crippen LogP contribution in [0.4, 0.5) is 5.69 Å². The predicted octanol–water partition coefficient (Wildman–Crippen LogP) is 4.00. The van der Waals surface area contributed by atoms with Crippen LogP contribution in [0.25, 0.3) is 0 Å². The van der Waals surface area contributed by atoms with Crippen LogP contribution in [0, 0.1) is 0 Å². The Kier molecular flexibility index (Phi) is 3.05. The second kappa shape index (κ2) is 5.10. The van der Waals surface area contributed by atoms with Crippen molar-refractivity contribution >= 4 is 11.6 Å². The molecule has 0 saturated carbocycles. The van der Waals surface area contributed by atoms with E-state index in [1.807, 2.05) is 85.9 Å². The van der Waals surface area contributed by atoms with Crippen molar-refractivity contribution in [3.63, 3.8) is 0 Å². The van der Waals surface area contributed by atoms with Crippen molar-refractivity contribution in [2.24, 2.45) is 0 Å². The van der Waals surface area contributed by atoms with Gasteiger partial charge in [0.05, 0.1) is 0 Å². The molecule has 0 radical (unpaired) electrons. The number of carbonyl (C=O) groups is 1. The first-order chi connectivity index (χ1) is 11.3. The molecule has 0 fully saturated rings. The number of amides is 1. The van der Waals surface area contributed by atoms with Crippen molar-refractivity contribution in [1.29, 1.82) is 0 Å². The van der Waals surface area contributed by atoms with Crippen LogP contribution in [-0.2, 0) is 10.2 Å². The fraction of sp³-hybridized carbons (Fsp3) is 0.0952. The summed E-state index contributed by atoms with van der Waals surface area (Å²) in [6.45, 7) is 0. The van der Waals surface area contributed by atoms with Gasteiger partial charge in [-0.05, 0) is 17.2 Å². The first-order valence-electron chi connectivity index (χ1n) is 7.75. The molecule has 0 bridgehead atoms. The van der Waals surface area contributed by atoms with E-state index >= 15 is 0 Å². The lowest BCUT2D eigenvalue weighted by Gasteiger charge is -2.29. The van der Waals surface area contributed by atoms with E-state index in [0.717, 1.165) is 22.4 Å². The number of hydrogen-bond acceptors (Lipinski definition) is 1. The van der Waals surface area contributed by atoms with E-state index in [1.165, 1.54) is 0 Å². The van der Waals surface area contributed by atoms with Gasteiger partial charge in [0, 0.05) is 18.3 Å². The lowest BCUT2D eigenvalue weighted by Crippen LogP contribution is -2.40. The second-order valence-corrected chi connectivity index (χ2v) is 5.86. The number of benzene rings is 3. The largest absolute Gasteiger partial charge is 0.314 e. The molecular formula is C21H17NO. The monoisotopic (exact) mass is 299 g/mol. The molecule has 2 heteroatoms. The zero-order valence-corrected chi connectivity index (χ0v) is 12.9. The molecule has 3 aromatic carbocycles. The molecule has 1 amide bonds. The van der Waals surface area contributed by atoms with Crippen molar-refractivity contribution in [2.45, 2.75) is 5.41 Å². The lowest BCUT2D eigenvalue weighted by atomic mass is 9.70. The van der Waals surface area contributed by atoms with Gasteiger partial charge in [-0.2, -0.15) is 0 Å². The van der Waals surface area contributed by atoms with Gasteiger partial charge < -0.3 is 4.90 Å². The maximum absolute atomic E-state index is 13.4. The summed E-state index contributed by atoms with van der Waals surface area (Å²) in [6, 6.07) is 28.2. The highest BCUT2D eigenvalue weighted by atomic mass is 16.2. The van der Waals surface area contributed by atoms with Gasteiger partial charge >= 0.3 is 0 Å². The van der Waals surface area contributed by atoms with Gasteiger partial charge in [0.15, 0.2) is 0 Å². The SMILES string of the molecule is CN1C(=O)C(c2ccccc2)(c2ccccc2)c2ccccc21. The summed E-state index contributed by atoms with van der Waals surface area (Å²) in [6.07, 6.45) is 0. The Morgan fingerprint density at radius 1 is 0.696 bits per heavy atom. The zero-order chi connectivity index (χ0) is 15.9. The van der Waals surface area contributed by atoms with Crippen LogP contribution >= 0.6 is 0 Å². The van der Waals surface area contributed by atoms with Crippen molar-refractivity contribution in [2.75, 3.05) is 11.9 Å². The number of anilines is 1. The summed E-state index contributed by atoms with van der Waals surface area (Å²) in [5, 5.41) is 0. The molecule has 0 atom stereocenters. The maximum atomic E-state index is 13.4. The van der Waals surface area contributed by atoms with Gasteiger partial charge in [0.2, 0.25) is 5.91 Å². The molecule has 0 aromatic heterocycles. The third-order valence-corrected chi connectivity index (χ3v) is 4.71. The van der Waals surface area contributed by atoms with E-state index in [-0.39, 0.29) is 5.91 Å². The lowest BCUT2D eigenvalue weighted by molar-refractivity contribution is -0.120. The van der Waals surface area contributed by atoms with Gasteiger partial charge in [-0.25, -0.2) is 0 Å². The quantitative estimate of drug-likeness (QED) is 0.700. The summed E-state index contributed by atoms with van der Waals surface area (Å²) in [5.74, 6) is 0.0936. The Morgan fingerprint density at radius 3 is 1.74 bits per heavy atom. The van der Waals surface area contributed by atoms with Gasteiger partial charge in [0.1, 0.15) is 5.41 Å². The Hall–Kier alpha value is -2.87. The second-order valence-electron chi connectivity index (χ2n) is 5.86. The molecule has 0 aliphatic carbocycles. The Morgan fingerprint density at radius 2 is 1.17 bits per heavy atom. The Balaban J connectivity index is 2.12. The number of carbonyl (C=O) groups excluding carboxylic acids is 1. The molecule has 4 rings (SSSR count). The standard InChI is InChI=1S/C21H17NO/c1-22-19-15-9-8-14-18(19)21(20(22)23,16-10-4-2-5-11-16)17-12-6-3-7-13-17/h2-15H,1H3. The smallest absolute Gasteiger partial charge is 0.246 e. The highest BCUT2D eigenvalue weighted by Gasteiger charge is 2.51. The topological polar surface area (TPSA) is 20.3 Å². The van der Waals surface area contributed by atoms with Gasteiger partial charge in [-0.1, -0.05) is 78.9 Å². The average Bonchev–Trinajstić information content (AvgIpc) is 2.86. The molecule has 112 valence electrons. The summed E-state index contributed by atoms with van der Waals surface area (Å²) in [7, 11) is 1.86. The van der Waals surface area contributed by atoms with Crippen LogP contribution in [-0.4, -0.2) is 13.0 Å². The summed E-state index contributed by atoms with van der Waals surface area (Å²) >= 11 is 0. The molecule has 3 aromatic rings. The fourth-order valence-electron chi connectivity index (χ4n) is 3.66. The average molecular weight is 299 g/mol. The Labute approximate surface area is 136 Å². The van der Waals surface area contributed by atoms with Crippen LogP contribution in [0.1, 0.15) is 16.7 Å². The van der Waals surface area contributed by atoms with Crippen LogP contribution in [0.5, 0.6) is 0 Å². The van der Waals surface area contributed by atoms with Gasteiger partial charge in [-0.3, -0.25) is 4.79 Å². The van der Waals surface area contributed by atoms with Crippen molar-refractivity contribution in [3.8, 4) is 0 Å². The number of rotatable bonds is 2. The van der Waals surface area contributed by atoms with Crippen molar-refractivity contribution < 1.29 is 4.79 Å². The number of likely N-dealkylation sites (N-methyl/N-ethyl adjacent to an activating group) is 1. The van der Waals surface area contributed by atoms with E-state index in [4.69, 9.17) is 0 Å². The summed E-state index contributed by atoms with van der Waals surface area (Å²) in [5.41, 5.74) is 3.27. The van der Waals surface area contributed by atoms with E-state index in [1.54, 1.807) is 4.90 Å². The van der Waals surface area contributed by atoms with E-state index in [0.29, 0.717) is 0 Å². The molecule has 0 saturated heterocycles. The highest BCUT2D eigenvalue weighted by molar-refractivity contribution is 6.12. The van der Waals surface area contributed by atoms with Gasteiger partial charge in [-0.15, -0.1) is 0 Å². The molecule has 1 aliphatic heterocycles. The van der Waals surface area contributed by atoms with E-state index in [9.17, 15) is 4.79 Å². The number of para-hydroxylation sites is 1. The molecule has 0 N–H and O–H groups in total. The van der Waals surface area contributed by atoms with Gasteiger partial charge in [0.25, 0.3) is 0 Å². The van der Waals surface area contributed by atoms with E-state index < -0.39 is 5.41 Å². The Bertz CT molecular complexity index is 816. The van der Waals surface area contributed by atoms with Crippen LogP contribution in [0.3, 0.4) is 0 Å². The summed E-state index contributed by atoms with van der Waals surface area (Å²) < 4.78 is 0.